The van der Waals surface area contributed by atoms with Crippen molar-refractivity contribution >= 4 is 23.2 Å². The Kier molecular flexibility index (Phi) is 4.31. The Balaban J connectivity index is 1.89. The van der Waals surface area contributed by atoms with Crippen molar-refractivity contribution in [2.24, 2.45) is 0 Å². The van der Waals surface area contributed by atoms with Crippen LogP contribution in [-0.4, -0.2) is 9.78 Å². The fourth-order valence-corrected chi connectivity index (χ4v) is 2.99. The SMILES string of the molecule is Clc1ccc(-c2cc(-c3ccccc3)nn2-c2ccc(Cl)cc2)cc1. The van der Waals surface area contributed by atoms with Gasteiger partial charge in [0.2, 0.25) is 0 Å². The number of halogens is 2. The highest BCUT2D eigenvalue weighted by Crippen LogP contribution is 2.29. The van der Waals surface area contributed by atoms with Gasteiger partial charge in [0.25, 0.3) is 0 Å². The van der Waals surface area contributed by atoms with E-state index in [1.165, 1.54) is 0 Å². The van der Waals surface area contributed by atoms with E-state index in [-0.39, 0.29) is 0 Å². The Morgan fingerprint density at radius 1 is 0.640 bits per heavy atom. The maximum absolute atomic E-state index is 6.04. The highest BCUT2D eigenvalue weighted by Gasteiger charge is 2.13. The van der Waals surface area contributed by atoms with Crippen LogP contribution in [0.5, 0.6) is 0 Å². The second-order valence-electron chi connectivity index (χ2n) is 5.68. The zero-order valence-electron chi connectivity index (χ0n) is 13.2. The summed E-state index contributed by atoms with van der Waals surface area (Å²) in [4.78, 5) is 0. The number of hydrogen-bond acceptors (Lipinski definition) is 1. The largest absolute Gasteiger partial charge is 0.232 e. The zero-order chi connectivity index (χ0) is 17.2. The predicted octanol–water partition coefficient (Wildman–Crippen LogP) is 6.51. The first kappa shape index (κ1) is 15.9. The van der Waals surface area contributed by atoms with E-state index in [1.54, 1.807) is 0 Å². The van der Waals surface area contributed by atoms with E-state index in [2.05, 4.69) is 18.2 Å². The smallest absolute Gasteiger partial charge is 0.0934 e. The lowest BCUT2D eigenvalue weighted by atomic mass is 10.1. The summed E-state index contributed by atoms with van der Waals surface area (Å²) in [6.45, 7) is 0. The van der Waals surface area contributed by atoms with Crippen LogP contribution in [0.1, 0.15) is 0 Å². The van der Waals surface area contributed by atoms with Gasteiger partial charge in [-0.1, -0.05) is 65.7 Å². The molecule has 0 amide bonds. The van der Waals surface area contributed by atoms with Crippen molar-refractivity contribution in [2.75, 3.05) is 0 Å². The normalized spacial score (nSPS) is 10.8. The average molecular weight is 365 g/mol. The summed E-state index contributed by atoms with van der Waals surface area (Å²) in [7, 11) is 0. The minimum Gasteiger partial charge on any atom is -0.232 e. The van der Waals surface area contributed by atoms with Crippen molar-refractivity contribution in [3.8, 4) is 28.2 Å². The molecule has 2 nitrogen and oxygen atoms in total. The molecule has 4 heteroatoms. The Bertz CT molecular complexity index is 926. The van der Waals surface area contributed by atoms with Gasteiger partial charge in [0.1, 0.15) is 0 Å². The van der Waals surface area contributed by atoms with Gasteiger partial charge in [0.05, 0.1) is 17.1 Å². The van der Waals surface area contributed by atoms with Crippen LogP contribution in [-0.2, 0) is 0 Å². The van der Waals surface area contributed by atoms with E-state index >= 15 is 0 Å². The molecule has 0 bridgehead atoms. The summed E-state index contributed by atoms with van der Waals surface area (Å²) >= 11 is 12.1. The molecular weight excluding hydrogens is 351 g/mol. The topological polar surface area (TPSA) is 17.8 Å². The quantitative estimate of drug-likeness (QED) is 0.404. The lowest BCUT2D eigenvalue weighted by Gasteiger charge is -2.08. The summed E-state index contributed by atoms with van der Waals surface area (Å²) < 4.78 is 1.93. The molecule has 0 spiro atoms. The summed E-state index contributed by atoms with van der Waals surface area (Å²) in [6.07, 6.45) is 0. The molecule has 0 saturated carbocycles. The molecule has 3 aromatic carbocycles. The summed E-state index contributed by atoms with van der Waals surface area (Å²) in [5.41, 5.74) is 4.99. The first-order chi connectivity index (χ1) is 12.2. The van der Waals surface area contributed by atoms with Crippen LogP contribution in [0.2, 0.25) is 10.0 Å². The third-order valence-corrected chi connectivity index (χ3v) is 4.49. The first-order valence-electron chi connectivity index (χ1n) is 7.88. The summed E-state index contributed by atoms with van der Waals surface area (Å²) in [6, 6.07) is 27.7. The molecule has 0 aliphatic rings. The van der Waals surface area contributed by atoms with Crippen LogP contribution < -0.4 is 0 Å². The first-order valence-corrected chi connectivity index (χ1v) is 8.64. The van der Waals surface area contributed by atoms with Crippen LogP contribution in [0, 0.1) is 0 Å². The monoisotopic (exact) mass is 364 g/mol. The number of aromatic nitrogens is 2. The molecule has 0 aliphatic heterocycles. The third kappa shape index (κ3) is 3.32. The van der Waals surface area contributed by atoms with Crippen molar-refractivity contribution in [3.63, 3.8) is 0 Å². The molecule has 0 atom stereocenters. The van der Waals surface area contributed by atoms with Gasteiger partial charge >= 0.3 is 0 Å². The maximum Gasteiger partial charge on any atom is 0.0934 e. The van der Waals surface area contributed by atoms with Gasteiger partial charge < -0.3 is 0 Å². The zero-order valence-corrected chi connectivity index (χ0v) is 14.7. The molecule has 0 aliphatic carbocycles. The second-order valence-corrected chi connectivity index (χ2v) is 6.55. The molecule has 0 radical (unpaired) electrons. The number of nitrogens with zero attached hydrogens (tertiary/aromatic N) is 2. The molecule has 1 heterocycles. The van der Waals surface area contributed by atoms with Gasteiger partial charge in [0, 0.05) is 21.2 Å². The molecule has 0 unspecified atom stereocenters. The van der Waals surface area contributed by atoms with E-state index in [0.717, 1.165) is 28.2 Å². The van der Waals surface area contributed by atoms with E-state index in [1.807, 2.05) is 71.4 Å². The lowest BCUT2D eigenvalue weighted by Crippen LogP contribution is -1.99. The van der Waals surface area contributed by atoms with Gasteiger partial charge in [-0.15, -0.1) is 0 Å². The number of benzene rings is 3. The highest BCUT2D eigenvalue weighted by molar-refractivity contribution is 6.30. The molecule has 0 saturated heterocycles. The molecule has 0 fully saturated rings. The summed E-state index contributed by atoms with van der Waals surface area (Å²) in [5.74, 6) is 0. The molecule has 122 valence electrons. The minimum atomic E-state index is 0.701. The molecular formula is C21H14Cl2N2. The Morgan fingerprint density at radius 3 is 1.88 bits per heavy atom. The van der Waals surface area contributed by atoms with Gasteiger partial charge in [-0.05, 0) is 42.5 Å². The van der Waals surface area contributed by atoms with Crippen LogP contribution in [0.4, 0.5) is 0 Å². The van der Waals surface area contributed by atoms with Crippen molar-refractivity contribution in [3.05, 3.63) is 95.0 Å². The van der Waals surface area contributed by atoms with Gasteiger partial charge in [-0.25, -0.2) is 4.68 Å². The van der Waals surface area contributed by atoms with Crippen LogP contribution in [0.15, 0.2) is 84.9 Å². The molecule has 4 aromatic rings. The second kappa shape index (κ2) is 6.75. The summed E-state index contributed by atoms with van der Waals surface area (Å²) in [5, 5.41) is 6.23. The Morgan fingerprint density at radius 2 is 1.24 bits per heavy atom. The van der Waals surface area contributed by atoms with Crippen LogP contribution in [0.25, 0.3) is 28.2 Å². The van der Waals surface area contributed by atoms with E-state index in [0.29, 0.717) is 10.0 Å². The molecule has 25 heavy (non-hydrogen) atoms. The fraction of sp³-hybridized carbons (Fsp3) is 0. The minimum absolute atomic E-state index is 0.701. The van der Waals surface area contributed by atoms with Crippen molar-refractivity contribution in [2.45, 2.75) is 0 Å². The van der Waals surface area contributed by atoms with Crippen molar-refractivity contribution in [1.29, 1.82) is 0 Å². The lowest BCUT2D eigenvalue weighted by molar-refractivity contribution is 0.892. The van der Waals surface area contributed by atoms with E-state index in [4.69, 9.17) is 28.3 Å². The van der Waals surface area contributed by atoms with Gasteiger partial charge in [-0.2, -0.15) is 5.10 Å². The molecule has 4 rings (SSSR count). The Labute approximate surface area is 156 Å². The molecule has 1 aromatic heterocycles. The average Bonchev–Trinajstić information content (AvgIpc) is 3.09. The van der Waals surface area contributed by atoms with Crippen molar-refractivity contribution < 1.29 is 0 Å². The fourth-order valence-electron chi connectivity index (χ4n) is 2.74. The number of hydrogen-bond donors (Lipinski definition) is 0. The van der Waals surface area contributed by atoms with Crippen LogP contribution in [0.3, 0.4) is 0 Å². The number of rotatable bonds is 3. The standard InChI is InChI=1S/C21H14Cl2N2/c22-17-8-6-16(7-9-17)21-14-20(15-4-2-1-3-5-15)24-25(21)19-12-10-18(23)11-13-19/h1-14H. The van der Waals surface area contributed by atoms with E-state index < -0.39 is 0 Å². The van der Waals surface area contributed by atoms with E-state index in [9.17, 15) is 0 Å². The van der Waals surface area contributed by atoms with Gasteiger partial charge in [-0.3, -0.25) is 0 Å². The maximum atomic E-state index is 6.04. The van der Waals surface area contributed by atoms with Crippen LogP contribution >= 0.6 is 23.2 Å². The van der Waals surface area contributed by atoms with Gasteiger partial charge in [0.15, 0.2) is 0 Å². The molecule has 0 N–H and O–H groups in total. The van der Waals surface area contributed by atoms with Crippen molar-refractivity contribution in [1.82, 2.24) is 9.78 Å². The highest BCUT2D eigenvalue weighted by atomic mass is 35.5. The predicted molar refractivity (Wildman–Crippen MR) is 104 cm³/mol. The Hall–Kier alpha value is -2.55. The third-order valence-electron chi connectivity index (χ3n) is 3.99.